The second-order valence-corrected chi connectivity index (χ2v) is 12.9. The monoisotopic (exact) mass is 609 g/mol. The largest absolute Gasteiger partial charge is 0.508 e. The molecule has 0 unspecified atom stereocenters. The minimum atomic E-state index is -3.93. The van der Waals surface area contributed by atoms with Crippen LogP contribution < -0.4 is 15.0 Å². The molecule has 1 aromatic heterocycles. The van der Waals surface area contributed by atoms with Gasteiger partial charge in [0.2, 0.25) is 10.0 Å². The molecule has 2 heterocycles. The van der Waals surface area contributed by atoms with Gasteiger partial charge in [-0.05, 0) is 84.3 Å². The molecule has 0 amide bonds. The van der Waals surface area contributed by atoms with Crippen molar-refractivity contribution in [2.24, 2.45) is 7.05 Å². The number of aryl methyl sites for hydroxylation is 1. The predicted octanol–water partition coefficient (Wildman–Crippen LogP) is 5.70. The molecule has 1 aliphatic heterocycles. The van der Waals surface area contributed by atoms with Crippen LogP contribution in [0.1, 0.15) is 16.8 Å². The Morgan fingerprint density at radius 3 is 2.39 bits per heavy atom. The molecule has 226 valence electrons. The van der Waals surface area contributed by atoms with Gasteiger partial charge in [-0.15, -0.1) is 0 Å². The Morgan fingerprint density at radius 1 is 0.955 bits per heavy atom. The Bertz CT molecular complexity index is 1820. The molecule has 2 N–H and O–H groups in total. The molecule has 1 atom stereocenters. The Kier molecular flexibility index (Phi) is 8.28. The highest BCUT2D eigenvalue weighted by molar-refractivity contribution is 7.89. The van der Waals surface area contributed by atoms with Crippen LogP contribution in [0.3, 0.4) is 0 Å². The maximum absolute atomic E-state index is 14.5. The number of sulfonamides is 1. The van der Waals surface area contributed by atoms with Crippen molar-refractivity contribution in [3.8, 4) is 11.5 Å². The third-order valence-electron chi connectivity index (χ3n) is 7.99. The van der Waals surface area contributed by atoms with E-state index in [2.05, 4.69) is 21.3 Å². The maximum Gasteiger partial charge on any atom is 0.243 e. The molecule has 0 saturated heterocycles. The third-order valence-corrected chi connectivity index (χ3v) is 9.90. The van der Waals surface area contributed by atoms with E-state index in [1.54, 1.807) is 54.1 Å². The number of aromatic nitrogens is 2. The molecular formula is C34H35N5O4S. The lowest BCUT2D eigenvalue weighted by Gasteiger charge is -2.32. The summed E-state index contributed by atoms with van der Waals surface area (Å²) in [6.45, 7) is 1.18. The molecule has 44 heavy (non-hydrogen) atoms. The van der Waals surface area contributed by atoms with E-state index in [9.17, 15) is 13.5 Å². The number of rotatable bonds is 9. The van der Waals surface area contributed by atoms with Crippen LogP contribution in [-0.2, 0) is 36.6 Å². The molecule has 0 saturated carbocycles. The van der Waals surface area contributed by atoms with Crippen molar-refractivity contribution in [3.05, 3.63) is 126 Å². The number of methoxy groups -OCH3 is 1. The number of anilines is 3. The smallest absolute Gasteiger partial charge is 0.243 e. The summed E-state index contributed by atoms with van der Waals surface area (Å²) < 4.78 is 37.8. The lowest BCUT2D eigenvalue weighted by molar-refractivity contribution is 0.317. The molecule has 0 bridgehead atoms. The van der Waals surface area contributed by atoms with E-state index >= 15 is 0 Å². The minimum absolute atomic E-state index is 0.168. The Labute approximate surface area is 258 Å². The molecule has 5 aromatic rings. The van der Waals surface area contributed by atoms with E-state index in [1.165, 1.54) is 0 Å². The maximum atomic E-state index is 14.5. The highest BCUT2D eigenvalue weighted by Crippen LogP contribution is 2.35. The summed E-state index contributed by atoms with van der Waals surface area (Å²) in [4.78, 5) is 6.76. The van der Waals surface area contributed by atoms with E-state index in [0.29, 0.717) is 25.3 Å². The molecule has 0 radical (unpaired) electrons. The van der Waals surface area contributed by atoms with Gasteiger partial charge in [0.1, 0.15) is 11.5 Å². The van der Waals surface area contributed by atoms with E-state index in [0.717, 1.165) is 33.9 Å². The number of nitrogens with zero attached hydrogens (tertiary/aromatic N) is 4. The number of aromatic hydroxyl groups is 1. The van der Waals surface area contributed by atoms with Crippen LogP contribution in [0, 0.1) is 0 Å². The van der Waals surface area contributed by atoms with Crippen molar-refractivity contribution in [2.45, 2.75) is 30.4 Å². The van der Waals surface area contributed by atoms with Crippen molar-refractivity contribution in [2.75, 3.05) is 23.9 Å². The van der Waals surface area contributed by atoms with Crippen molar-refractivity contribution in [1.29, 1.82) is 0 Å². The highest BCUT2D eigenvalue weighted by atomic mass is 32.2. The van der Waals surface area contributed by atoms with Crippen molar-refractivity contribution in [1.82, 2.24) is 13.9 Å². The number of imidazole rings is 1. The number of hydrogen-bond donors (Lipinski definition) is 2. The number of hydrogen-bond acceptors (Lipinski definition) is 7. The van der Waals surface area contributed by atoms with Crippen LogP contribution in [0.4, 0.5) is 17.1 Å². The second-order valence-electron chi connectivity index (χ2n) is 11.0. The Morgan fingerprint density at radius 2 is 1.70 bits per heavy atom. The number of nitrogens with one attached hydrogen (secondary N) is 1. The van der Waals surface area contributed by atoms with Gasteiger partial charge in [0.25, 0.3) is 0 Å². The molecule has 0 spiro atoms. The third kappa shape index (κ3) is 6.27. The fourth-order valence-corrected chi connectivity index (χ4v) is 7.24. The van der Waals surface area contributed by atoms with E-state index < -0.39 is 16.1 Å². The first-order valence-corrected chi connectivity index (χ1v) is 15.8. The summed E-state index contributed by atoms with van der Waals surface area (Å²) in [5.74, 6) is 0.755. The zero-order valence-electron chi connectivity index (χ0n) is 24.7. The molecule has 6 rings (SSSR count). The normalized spacial score (nSPS) is 15.4. The zero-order valence-corrected chi connectivity index (χ0v) is 25.5. The molecule has 4 aromatic carbocycles. The molecule has 0 aliphatic carbocycles. The van der Waals surface area contributed by atoms with E-state index in [4.69, 9.17) is 4.74 Å². The number of phenols is 1. The van der Waals surface area contributed by atoms with Gasteiger partial charge in [-0.2, -0.15) is 4.31 Å². The van der Waals surface area contributed by atoms with Gasteiger partial charge in [0.05, 0.1) is 30.6 Å². The van der Waals surface area contributed by atoms with Crippen LogP contribution in [0.2, 0.25) is 0 Å². The summed E-state index contributed by atoms with van der Waals surface area (Å²) in [7, 11) is -0.415. The molecule has 0 fully saturated rings. The van der Waals surface area contributed by atoms with Crippen LogP contribution in [0.25, 0.3) is 0 Å². The van der Waals surface area contributed by atoms with E-state index in [-0.39, 0.29) is 17.2 Å². The average molecular weight is 610 g/mol. The molecule has 10 heteroatoms. The SMILES string of the molecule is COc1ccc(S(=O)(=O)N2Cc3cc(Nc4ccccc4)ccc3N(Cc3cncn3C)C[C@H]2Cc2ccc(O)cc2)cc1. The van der Waals surface area contributed by atoms with Gasteiger partial charge < -0.3 is 24.6 Å². The van der Waals surface area contributed by atoms with Gasteiger partial charge in [0, 0.05) is 49.4 Å². The van der Waals surface area contributed by atoms with Crippen molar-refractivity contribution in [3.63, 3.8) is 0 Å². The lowest BCUT2D eigenvalue weighted by Crippen LogP contribution is -2.45. The summed E-state index contributed by atoms with van der Waals surface area (Å²) in [6, 6.07) is 29.1. The number of phenolic OH excluding ortho intramolecular Hbond substituents is 1. The number of ether oxygens (including phenoxy) is 1. The number of fused-ring (bicyclic) bond motifs is 1. The quantitative estimate of drug-likeness (QED) is 0.221. The minimum Gasteiger partial charge on any atom is -0.508 e. The summed E-state index contributed by atoms with van der Waals surface area (Å²) in [5.41, 5.74) is 5.61. The van der Waals surface area contributed by atoms with Crippen LogP contribution in [0.5, 0.6) is 11.5 Å². The highest BCUT2D eigenvalue weighted by Gasteiger charge is 2.37. The first-order valence-electron chi connectivity index (χ1n) is 14.4. The standard InChI is InChI=1S/C34H35N5O4S/c1-37-24-35-20-30(37)23-38-22-29(18-25-8-11-31(40)12-9-25)39(44(41,42)33-15-13-32(43-2)14-16-33)21-26-19-28(10-17-34(26)38)36-27-6-4-3-5-7-27/h3-17,19-20,24,29,36,40H,18,21-23H2,1-2H3/t29-/m1/s1. The topological polar surface area (TPSA) is 99.9 Å². The zero-order chi connectivity index (χ0) is 30.7. The van der Waals surface area contributed by atoms with Gasteiger partial charge >= 0.3 is 0 Å². The van der Waals surface area contributed by atoms with Gasteiger partial charge in [-0.1, -0.05) is 30.3 Å². The fraction of sp³-hybridized carbons (Fsp3) is 0.206. The van der Waals surface area contributed by atoms with Gasteiger partial charge in [0.15, 0.2) is 0 Å². The Balaban J connectivity index is 1.45. The van der Waals surface area contributed by atoms with Gasteiger partial charge in [-0.25, -0.2) is 13.4 Å². The molecule has 9 nitrogen and oxygen atoms in total. The average Bonchev–Trinajstić information content (AvgIpc) is 3.37. The number of para-hydroxylation sites is 1. The second kappa shape index (κ2) is 12.4. The van der Waals surface area contributed by atoms with Crippen LogP contribution >= 0.6 is 0 Å². The molecule has 1 aliphatic rings. The Hall–Kier alpha value is -4.80. The first-order chi connectivity index (χ1) is 21.3. The number of benzene rings is 4. The predicted molar refractivity (Wildman–Crippen MR) is 172 cm³/mol. The summed E-state index contributed by atoms with van der Waals surface area (Å²) in [6.07, 6.45) is 4.08. The summed E-state index contributed by atoms with van der Waals surface area (Å²) in [5, 5.41) is 13.4. The van der Waals surface area contributed by atoms with Gasteiger partial charge in [-0.3, -0.25) is 0 Å². The molecular weight excluding hydrogens is 574 g/mol. The van der Waals surface area contributed by atoms with E-state index in [1.807, 2.05) is 72.4 Å². The lowest BCUT2D eigenvalue weighted by atomic mass is 10.1. The summed E-state index contributed by atoms with van der Waals surface area (Å²) >= 11 is 0. The van der Waals surface area contributed by atoms with Crippen molar-refractivity contribution >= 4 is 27.1 Å². The van der Waals surface area contributed by atoms with Crippen LogP contribution in [-0.4, -0.2) is 47.1 Å². The van der Waals surface area contributed by atoms with Crippen LogP contribution in [0.15, 0.2) is 114 Å². The fourth-order valence-electron chi connectivity index (χ4n) is 5.64. The first kappa shape index (κ1) is 29.3. The van der Waals surface area contributed by atoms with Crippen molar-refractivity contribution < 1.29 is 18.3 Å².